The summed E-state index contributed by atoms with van der Waals surface area (Å²) in [6, 6.07) is 8.86. The Labute approximate surface area is 148 Å². The van der Waals surface area contributed by atoms with Crippen LogP contribution in [-0.2, 0) is 19.1 Å². The molecule has 0 aliphatic carbocycles. The summed E-state index contributed by atoms with van der Waals surface area (Å²) in [5.41, 5.74) is 2.04. The maximum absolute atomic E-state index is 12.6. The van der Waals surface area contributed by atoms with Crippen molar-refractivity contribution in [3.05, 3.63) is 52.7 Å². The molecule has 25 heavy (non-hydrogen) atoms. The third-order valence-corrected chi connectivity index (χ3v) is 4.33. The van der Waals surface area contributed by atoms with E-state index >= 15 is 0 Å². The first-order valence-corrected chi connectivity index (χ1v) is 8.60. The molecule has 0 saturated heterocycles. The number of fused-ring (bicyclic) bond motifs is 1. The molecule has 3 rings (SSSR count). The second-order valence-corrected chi connectivity index (χ2v) is 6.24. The van der Waals surface area contributed by atoms with Crippen LogP contribution in [0.1, 0.15) is 12.5 Å². The van der Waals surface area contributed by atoms with Gasteiger partial charge in [-0.25, -0.2) is 4.79 Å². The Bertz CT molecular complexity index is 829. The predicted octanol–water partition coefficient (Wildman–Crippen LogP) is 2.68. The number of nitrogens with one attached hydrogen (secondary N) is 1. The number of thiophene rings is 1. The number of anilines is 2. The van der Waals surface area contributed by atoms with Crippen LogP contribution in [0.25, 0.3) is 6.08 Å². The lowest BCUT2D eigenvalue weighted by Gasteiger charge is -2.30. The van der Waals surface area contributed by atoms with Crippen molar-refractivity contribution in [3.63, 3.8) is 0 Å². The molecule has 0 spiro atoms. The summed E-state index contributed by atoms with van der Waals surface area (Å²) in [6.07, 6.45) is 1.90. The molecule has 7 heteroatoms. The molecule has 1 aliphatic rings. The SMILES string of the molecule is C[C@@H](OC(=O)/C=C/c1ccsc1)C(=O)N1CC(=O)Nc2ccccc21. The highest BCUT2D eigenvalue weighted by Gasteiger charge is 2.30. The van der Waals surface area contributed by atoms with E-state index in [2.05, 4.69) is 5.32 Å². The monoisotopic (exact) mass is 356 g/mol. The van der Waals surface area contributed by atoms with Gasteiger partial charge in [0.25, 0.3) is 5.91 Å². The average Bonchev–Trinajstić information content (AvgIpc) is 3.12. The second-order valence-electron chi connectivity index (χ2n) is 5.46. The fourth-order valence-corrected chi connectivity index (χ4v) is 3.08. The first-order chi connectivity index (χ1) is 12.0. The summed E-state index contributed by atoms with van der Waals surface area (Å²) < 4.78 is 5.17. The van der Waals surface area contributed by atoms with Gasteiger partial charge in [0.2, 0.25) is 5.91 Å². The Balaban J connectivity index is 1.68. The molecule has 0 bridgehead atoms. The molecule has 1 aromatic carbocycles. The number of rotatable bonds is 4. The highest BCUT2D eigenvalue weighted by atomic mass is 32.1. The lowest BCUT2D eigenvalue weighted by Crippen LogP contribution is -2.46. The van der Waals surface area contributed by atoms with E-state index in [0.717, 1.165) is 5.56 Å². The Kier molecular flexibility index (Phi) is 4.95. The van der Waals surface area contributed by atoms with Crippen LogP contribution >= 0.6 is 11.3 Å². The van der Waals surface area contributed by atoms with Crippen molar-refractivity contribution in [2.45, 2.75) is 13.0 Å². The van der Waals surface area contributed by atoms with Crippen LogP contribution in [0.4, 0.5) is 11.4 Å². The Morgan fingerprint density at radius 1 is 1.32 bits per heavy atom. The third kappa shape index (κ3) is 3.95. The zero-order valence-electron chi connectivity index (χ0n) is 13.5. The summed E-state index contributed by atoms with van der Waals surface area (Å²) >= 11 is 1.52. The van der Waals surface area contributed by atoms with Crippen LogP contribution in [0.15, 0.2) is 47.2 Å². The molecule has 1 atom stereocenters. The van der Waals surface area contributed by atoms with Gasteiger partial charge in [-0.15, -0.1) is 0 Å². The second kappa shape index (κ2) is 7.31. The smallest absolute Gasteiger partial charge is 0.331 e. The van der Waals surface area contributed by atoms with E-state index in [9.17, 15) is 14.4 Å². The van der Waals surface area contributed by atoms with E-state index in [1.807, 2.05) is 16.8 Å². The molecule has 2 amide bonds. The van der Waals surface area contributed by atoms with Crippen LogP contribution in [0.2, 0.25) is 0 Å². The van der Waals surface area contributed by atoms with Crippen molar-refractivity contribution in [2.24, 2.45) is 0 Å². The number of ether oxygens (including phenoxy) is 1. The quantitative estimate of drug-likeness (QED) is 0.675. The molecule has 1 N–H and O–H groups in total. The molecule has 128 valence electrons. The molecule has 0 fully saturated rings. The zero-order chi connectivity index (χ0) is 17.8. The topological polar surface area (TPSA) is 75.7 Å². The lowest BCUT2D eigenvalue weighted by molar-refractivity contribution is -0.149. The van der Waals surface area contributed by atoms with E-state index < -0.39 is 18.0 Å². The van der Waals surface area contributed by atoms with Gasteiger partial charge >= 0.3 is 5.97 Å². The van der Waals surface area contributed by atoms with Crippen LogP contribution in [0.3, 0.4) is 0 Å². The minimum atomic E-state index is -1.00. The summed E-state index contributed by atoms with van der Waals surface area (Å²) in [5.74, 6) is -1.34. The number of amides is 2. The summed E-state index contributed by atoms with van der Waals surface area (Å²) in [4.78, 5) is 37.6. The van der Waals surface area contributed by atoms with Gasteiger partial charge in [-0.2, -0.15) is 11.3 Å². The van der Waals surface area contributed by atoms with Gasteiger partial charge in [0.1, 0.15) is 6.54 Å². The molecule has 2 aromatic rings. The van der Waals surface area contributed by atoms with E-state index in [1.54, 1.807) is 30.3 Å². The highest BCUT2D eigenvalue weighted by molar-refractivity contribution is 7.08. The molecule has 1 aliphatic heterocycles. The van der Waals surface area contributed by atoms with Crippen LogP contribution in [-0.4, -0.2) is 30.4 Å². The third-order valence-electron chi connectivity index (χ3n) is 3.63. The van der Waals surface area contributed by atoms with E-state index in [4.69, 9.17) is 4.74 Å². The first-order valence-electron chi connectivity index (χ1n) is 7.66. The summed E-state index contributed by atoms with van der Waals surface area (Å²) in [7, 11) is 0. The minimum absolute atomic E-state index is 0.109. The summed E-state index contributed by atoms with van der Waals surface area (Å²) in [5, 5.41) is 6.50. The van der Waals surface area contributed by atoms with Gasteiger partial charge in [0.05, 0.1) is 11.4 Å². The molecule has 2 heterocycles. The maximum atomic E-state index is 12.6. The van der Waals surface area contributed by atoms with Crippen molar-refractivity contribution < 1.29 is 19.1 Å². The minimum Gasteiger partial charge on any atom is -0.449 e. The maximum Gasteiger partial charge on any atom is 0.331 e. The number of para-hydroxylation sites is 2. The Morgan fingerprint density at radius 2 is 2.12 bits per heavy atom. The van der Waals surface area contributed by atoms with Gasteiger partial charge < -0.3 is 10.1 Å². The number of carbonyl (C=O) groups excluding carboxylic acids is 3. The van der Waals surface area contributed by atoms with Crippen molar-refractivity contribution in [3.8, 4) is 0 Å². The van der Waals surface area contributed by atoms with Crippen molar-refractivity contribution in [1.29, 1.82) is 0 Å². The van der Waals surface area contributed by atoms with E-state index in [-0.39, 0.29) is 12.5 Å². The van der Waals surface area contributed by atoms with Crippen molar-refractivity contribution in [1.82, 2.24) is 0 Å². The number of hydrogen-bond acceptors (Lipinski definition) is 5. The lowest BCUT2D eigenvalue weighted by atomic mass is 10.1. The average molecular weight is 356 g/mol. The molecule has 0 saturated carbocycles. The Hall–Kier alpha value is -2.93. The molecular weight excluding hydrogens is 340 g/mol. The number of carbonyl (C=O) groups is 3. The zero-order valence-corrected chi connectivity index (χ0v) is 14.3. The van der Waals surface area contributed by atoms with E-state index in [1.165, 1.54) is 29.2 Å². The largest absolute Gasteiger partial charge is 0.449 e. The van der Waals surface area contributed by atoms with Crippen molar-refractivity contribution >= 4 is 46.6 Å². The molecule has 0 unspecified atom stereocenters. The van der Waals surface area contributed by atoms with Crippen LogP contribution in [0.5, 0.6) is 0 Å². The number of esters is 1. The van der Waals surface area contributed by atoms with Gasteiger partial charge in [-0.3, -0.25) is 14.5 Å². The Morgan fingerprint density at radius 3 is 2.88 bits per heavy atom. The predicted molar refractivity (Wildman–Crippen MR) is 96.3 cm³/mol. The van der Waals surface area contributed by atoms with Gasteiger partial charge in [-0.05, 0) is 47.5 Å². The van der Waals surface area contributed by atoms with Gasteiger partial charge in [0, 0.05) is 6.08 Å². The van der Waals surface area contributed by atoms with Gasteiger partial charge in [0.15, 0.2) is 6.10 Å². The molecule has 6 nitrogen and oxygen atoms in total. The number of hydrogen-bond donors (Lipinski definition) is 1. The van der Waals surface area contributed by atoms with E-state index in [0.29, 0.717) is 11.4 Å². The van der Waals surface area contributed by atoms with Crippen LogP contribution in [0, 0.1) is 0 Å². The summed E-state index contributed by atoms with van der Waals surface area (Å²) in [6.45, 7) is 1.39. The van der Waals surface area contributed by atoms with Crippen molar-refractivity contribution in [2.75, 3.05) is 16.8 Å². The fraction of sp³-hybridized carbons (Fsp3) is 0.167. The van der Waals surface area contributed by atoms with Crippen LogP contribution < -0.4 is 10.2 Å². The molecular formula is C18H16N2O4S. The molecule has 0 radical (unpaired) electrons. The standard InChI is InChI=1S/C18H16N2O4S/c1-12(24-17(22)7-6-13-8-9-25-11-13)18(23)20-10-16(21)19-14-4-2-3-5-15(14)20/h2-9,11-12H,10H2,1H3,(H,19,21)/b7-6+/t12-/m1/s1. The number of benzene rings is 1. The normalized spacial score (nSPS) is 14.8. The van der Waals surface area contributed by atoms with Gasteiger partial charge in [-0.1, -0.05) is 12.1 Å². The number of nitrogens with zero attached hydrogens (tertiary/aromatic N) is 1. The first kappa shape index (κ1) is 16.9. The molecule has 1 aromatic heterocycles. The fourth-order valence-electron chi connectivity index (χ4n) is 2.45. The highest BCUT2D eigenvalue weighted by Crippen LogP contribution is 2.29.